The van der Waals surface area contributed by atoms with E-state index in [-0.39, 0.29) is 10.5 Å². The van der Waals surface area contributed by atoms with Crippen LogP contribution in [0.25, 0.3) is 11.4 Å². The van der Waals surface area contributed by atoms with E-state index in [1.165, 1.54) is 23.0 Å². The molecule has 3 aromatic rings. The first-order valence-electron chi connectivity index (χ1n) is 6.77. The van der Waals surface area contributed by atoms with Crippen LogP contribution in [-0.4, -0.2) is 26.0 Å². The Hall–Kier alpha value is -2.84. The predicted molar refractivity (Wildman–Crippen MR) is 93.9 cm³/mol. The van der Waals surface area contributed by atoms with E-state index in [9.17, 15) is 10.1 Å². The van der Waals surface area contributed by atoms with Crippen LogP contribution in [0.5, 0.6) is 0 Å². The number of nitro groups is 1. The summed E-state index contributed by atoms with van der Waals surface area (Å²) in [5, 5.41) is 22.4. The van der Waals surface area contributed by atoms with E-state index in [2.05, 4.69) is 15.3 Å². The average Bonchev–Trinajstić information content (AvgIpc) is 2.94. The van der Waals surface area contributed by atoms with Crippen molar-refractivity contribution in [3.63, 3.8) is 0 Å². The molecule has 0 spiro atoms. The smallest absolute Gasteiger partial charge is 0.258 e. The summed E-state index contributed by atoms with van der Waals surface area (Å²) in [5.41, 5.74) is 1.22. The second-order valence-electron chi connectivity index (χ2n) is 4.74. The van der Waals surface area contributed by atoms with Crippen molar-refractivity contribution in [3.05, 3.63) is 74.0 Å². The van der Waals surface area contributed by atoms with Crippen LogP contribution in [0.15, 0.2) is 53.6 Å². The Morgan fingerprint density at radius 3 is 2.83 bits per heavy atom. The van der Waals surface area contributed by atoms with Gasteiger partial charge in [0.2, 0.25) is 4.77 Å². The van der Waals surface area contributed by atoms with Crippen molar-refractivity contribution in [2.45, 2.75) is 0 Å². The van der Waals surface area contributed by atoms with Crippen molar-refractivity contribution in [1.82, 2.24) is 14.9 Å². The van der Waals surface area contributed by atoms with Crippen molar-refractivity contribution in [1.29, 1.82) is 0 Å². The lowest BCUT2D eigenvalue weighted by Gasteiger charge is -2.03. The molecule has 3 rings (SSSR count). The largest absolute Gasteiger partial charge is 0.270 e. The summed E-state index contributed by atoms with van der Waals surface area (Å²) >= 11 is 11.4. The van der Waals surface area contributed by atoms with Crippen LogP contribution >= 0.6 is 23.8 Å². The van der Waals surface area contributed by atoms with Crippen molar-refractivity contribution in [3.8, 4) is 11.4 Å². The van der Waals surface area contributed by atoms with Gasteiger partial charge < -0.3 is 0 Å². The average molecular weight is 360 g/mol. The van der Waals surface area contributed by atoms with E-state index in [1.807, 2.05) is 12.1 Å². The highest BCUT2D eigenvalue weighted by atomic mass is 35.5. The Morgan fingerprint density at radius 1 is 1.29 bits per heavy atom. The molecule has 0 saturated carbocycles. The number of non-ortho nitro benzene ring substituents is 1. The maximum absolute atomic E-state index is 10.8. The number of benzene rings is 2. The minimum absolute atomic E-state index is 0.0129. The summed E-state index contributed by atoms with van der Waals surface area (Å²) in [4.78, 5) is 10.4. The Morgan fingerprint density at radius 2 is 2.08 bits per heavy atom. The lowest BCUT2D eigenvalue weighted by molar-refractivity contribution is -0.384. The standard InChI is InChI=1S/C15H10ClN5O2S/c16-13-7-2-1-6-12(13)14-18-19-15(24)20(14)17-9-10-4-3-5-11(8-10)21(22)23/h1-9H,(H,19,24)/b17-9-. The Labute approximate surface area is 146 Å². The van der Waals surface area contributed by atoms with Gasteiger partial charge in [0.15, 0.2) is 5.82 Å². The Bertz CT molecular complexity index is 995. The molecule has 7 nitrogen and oxygen atoms in total. The molecule has 1 aromatic heterocycles. The maximum Gasteiger partial charge on any atom is 0.270 e. The predicted octanol–water partition coefficient (Wildman–Crippen LogP) is 4.05. The van der Waals surface area contributed by atoms with Gasteiger partial charge in [0, 0.05) is 23.3 Å². The van der Waals surface area contributed by atoms with E-state index in [4.69, 9.17) is 23.8 Å². The molecule has 0 unspecified atom stereocenters. The zero-order valence-electron chi connectivity index (χ0n) is 12.1. The fraction of sp³-hybridized carbons (Fsp3) is 0. The number of nitro benzene ring substituents is 1. The molecule has 0 fully saturated rings. The van der Waals surface area contributed by atoms with E-state index < -0.39 is 4.92 Å². The first-order valence-corrected chi connectivity index (χ1v) is 7.56. The number of nitrogens with zero attached hydrogens (tertiary/aromatic N) is 4. The molecule has 120 valence electrons. The van der Waals surface area contributed by atoms with Gasteiger partial charge in [0.05, 0.1) is 16.2 Å². The molecule has 0 amide bonds. The highest BCUT2D eigenvalue weighted by molar-refractivity contribution is 7.71. The number of H-pyrrole nitrogens is 1. The van der Waals surface area contributed by atoms with Gasteiger partial charge in [-0.25, -0.2) is 5.10 Å². The number of hydrogen-bond acceptors (Lipinski definition) is 5. The molecular formula is C15H10ClN5O2S. The first-order chi connectivity index (χ1) is 11.6. The topological polar surface area (TPSA) is 89.1 Å². The summed E-state index contributed by atoms with van der Waals surface area (Å²) in [6.07, 6.45) is 1.47. The number of halogens is 1. The summed E-state index contributed by atoms with van der Waals surface area (Å²) < 4.78 is 1.70. The van der Waals surface area contributed by atoms with E-state index in [0.717, 1.165) is 0 Å². The van der Waals surface area contributed by atoms with Gasteiger partial charge in [0.25, 0.3) is 5.69 Å². The SMILES string of the molecule is O=[N+]([O-])c1cccc(/C=N\n2c(-c3ccccc3Cl)n[nH]c2=S)c1. The molecule has 24 heavy (non-hydrogen) atoms. The minimum Gasteiger partial charge on any atom is -0.258 e. The van der Waals surface area contributed by atoms with Gasteiger partial charge in [-0.3, -0.25) is 10.1 Å². The molecule has 0 aliphatic heterocycles. The maximum atomic E-state index is 10.8. The molecule has 9 heteroatoms. The zero-order chi connectivity index (χ0) is 17.1. The monoisotopic (exact) mass is 359 g/mol. The van der Waals surface area contributed by atoms with Crippen LogP contribution in [0.1, 0.15) is 5.56 Å². The number of aromatic nitrogens is 3. The highest BCUT2D eigenvalue weighted by Crippen LogP contribution is 2.25. The molecule has 0 radical (unpaired) electrons. The third-order valence-corrected chi connectivity index (χ3v) is 3.76. The molecule has 0 saturated heterocycles. The normalized spacial score (nSPS) is 11.0. The zero-order valence-corrected chi connectivity index (χ0v) is 13.7. The number of rotatable bonds is 4. The highest BCUT2D eigenvalue weighted by Gasteiger charge is 2.11. The number of aromatic amines is 1. The fourth-order valence-corrected chi connectivity index (χ4v) is 2.46. The van der Waals surface area contributed by atoms with Crippen molar-refractivity contribution in [2.24, 2.45) is 5.10 Å². The van der Waals surface area contributed by atoms with Gasteiger partial charge in [-0.1, -0.05) is 35.9 Å². The minimum atomic E-state index is -0.462. The Balaban J connectivity index is 2.01. The quantitative estimate of drug-likeness (QED) is 0.329. The third-order valence-electron chi connectivity index (χ3n) is 3.17. The lowest BCUT2D eigenvalue weighted by Crippen LogP contribution is -1.96. The van der Waals surface area contributed by atoms with E-state index in [1.54, 1.807) is 24.3 Å². The summed E-state index contributed by atoms with van der Waals surface area (Å²) in [6.45, 7) is 0. The van der Waals surface area contributed by atoms with Crippen LogP contribution in [-0.2, 0) is 0 Å². The second kappa shape index (κ2) is 6.73. The summed E-state index contributed by atoms with van der Waals surface area (Å²) in [7, 11) is 0. The van der Waals surface area contributed by atoms with Gasteiger partial charge in [0.1, 0.15) is 0 Å². The number of hydrogen-bond donors (Lipinski definition) is 1. The van der Waals surface area contributed by atoms with E-state index in [0.29, 0.717) is 22.0 Å². The molecule has 0 aliphatic rings. The van der Waals surface area contributed by atoms with Crippen molar-refractivity contribution < 1.29 is 4.92 Å². The summed E-state index contributed by atoms with van der Waals surface area (Å²) in [5.74, 6) is 0.451. The van der Waals surface area contributed by atoms with E-state index >= 15 is 0 Å². The second-order valence-corrected chi connectivity index (χ2v) is 5.53. The molecule has 1 N–H and O–H groups in total. The Kier molecular flexibility index (Phi) is 4.50. The van der Waals surface area contributed by atoms with Gasteiger partial charge >= 0.3 is 0 Å². The molecule has 0 aliphatic carbocycles. The molecular weight excluding hydrogens is 350 g/mol. The van der Waals surface area contributed by atoms with Crippen LogP contribution in [0.4, 0.5) is 5.69 Å². The van der Waals surface area contributed by atoms with Gasteiger partial charge in [-0.15, -0.1) is 0 Å². The van der Waals surface area contributed by atoms with Crippen molar-refractivity contribution >= 4 is 35.7 Å². The van der Waals surface area contributed by atoms with Crippen LogP contribution in [0.2, 0.25) is 5.02 Å². The van der Waals surface area contributed by atoms with Crippen LogP contribution in [0, 0.1) is 14.9 Å². The third kappa shape index (κ3) is 3.24. The molecule has 1 heterocycles. The van der Waals surface area contributed by atoms with Crippen LogP contribution < -0.4 is 0 Å². The summed E-state index contributed by atoms with van der Waals surface area (Å²) in [6, 6.07) is 13.3. The van der Waals surface area contributed by atoms with Crippen LogP contribution in [0.3, 0.4) is 0 Å². The molecule has 0 bridgehead atoms. The first kappa shape index (κ1) is 16.0. The number of nitrogens with one attached hydrogen (secondary N) is 1. The van der Waals surface area contributed by atoms with Gasteiger partial charge in [-0.05, 0) is 24.4 Å². The van der Waals surface area contributed by atoms with Crippen molar-refractivity contribution in [2.75, 3.05) is 0 Å². The molecule has 2 aromatic carbocycles. The van der Waals surface area contributed by atoms with Gasteiger partial charge in [-0.2, -0.15) is 14.9 Å². The fourth-order valence-electron chi connectivity index (χ4n) is 2.06. The lowest BCUT2D eigenvalue weighted by atomic mass is 10.2. The molecule has 0 atom stereocenters.